The summed E-state index contributed by atoms with van der Waals surface area (Å²) in [6, 6.07) is 2.16. The van der Waals surface area contributed by atoms with E-state index < -0.39 is 0 Å². The van der Waals surface area contributed by atoms with Crippen molar-refractivity contribution in [3.05, 3.63) is 17.8 Å². The number of carbonyl (C=O) groups is 1. The van der Waals surface area contributed by atoms with E-state index in [4.69, 9.17) is 12.2 Å². The molecule has 0 spiro atoms. The zero-order chi connectivity index (χ0) is 13.2. The Balaban J connectivity index is 1.70. The molecule has 0 atom stereocenters. The minimum atomic E-state index is -0.0339. The highest BCUT2D eigenvalue weighted by molar-refractivity contribution is 7.84. The van der Waals surface area contributed by atoms with Crippen LogP contribution < -0.4 is 16.1 Å². The van der Waals surface area contributed by atoms with Crippen LogP contribution in [0.2, 0.25) is 0 Å². The monoisotopic (exact) mass is 272 g/mol. The van der Waals surface area contributed by atoms with Crippen molar-refractivity contribution in [2.24, 2.45) is 0 Å². The summed E-state index contributed by atoms with van der Waals surface area (Å²) in [5.41, 5.74) is 1.49. The van der Waals surface area contributed by atoms with Crippen LogP contribution in [0.4, 0.5) is 5.82 Å². The molecule has 0 aromatic carbocycles. The van der Waals surface area contributed by atoms with Crippen LogP contribution in [0.3, 0.4) is 0 Å². The van der Waals surface area contributed by atoms with Crippen molar-refractivity contribution in [2.45, 2.75) is 38.1 Å². The summed E-state index contributed by atoms with van der Waals surface area (Å²) >= 11 is 5.06. The van der Waals surface area contributed by atoms with Gasteiger partial charge in [-0.1, -0.05) is 31.5 Å². The zero-order valence-electron chi connectivity index (χ0n) is 10.6. The van der Waals surface area contributed by atoms with Gasteiger partial charge >= 0.3 is 0 Å². The van der Waals surface area contributed by atoms with Crippen LogP contribution in [0.1, 0.15) is 42.5 Å². The largest absolute Gasteiger partial charge is 0.349 e. The molecule has 1 aromatic rings. The number of fused-ring (bicyclic) bond motifs is 1. The fraction of sp³-hybridized carbons (Fsp3) is 0.462. The molecule has 2 N–H and O–H groups in total. The molecule has 4 nitrogen and oxygen atoms in total. The molecule has 1 radical (unpaired) electrons. The molecule has 1 aliphatic heterocycles. The second-order valence-corrected chi connectivity index (χ2v) is 5.54. The van der Waals surface area contributed by atoms with Gasteiger partial charge in [0.05, 0.1) is 5.56 Å². The summed E-state index contributed by atoms with van der Waals surface area (Å²) < 4.78 is 0. The van der Waals surface area contributed by atoms with Crippen molar-refractivity contribution < 1.29 is 4.79 Å². The number of hydrogen-bond donors (Lipinski definition) is 2. The molecule has 0 bridgehead atoms. The van der Waals surface area contributed by atoms with Crippen molar-refractivity contribution in [3.63, 3.8) is 0 Å². The first-order chi connectivity index (χ1) is 9.22. The summed E-state index contributed by atoms with van der Waals surface area (Å²) in [6.07, 6.45) is 7.47. The lowest BCUT2D eigenvalue weighted by molar-refractivity contribution is 0.0927. The van der Waals surface area contributed by atoms with Crippen molar-refractivity contribution in [1.29, 1.82) is 0 Å². The topological polar surface area (TPSA) is 54.0 Å². The van der Waals surface area contributed by atoms with Crippen LogP contribution >= 0.6 is 12.2 Å². The number of amides is 1. The normalized spacial score (nSPS) is 18.4. The van der Waals surface area contributed by atoms with Crippen LogP contribution in [0.5, 0.6) is 0 Å². The summed E-state index contributed by atoms with van der Waals surface area (Å²) in [5, 5.41) is 6.07. The van der Waals surface area contributed by atoms with Crippen molar-refractivity contribution in [1.82, 2.24) is 10.3 Å². The fourth-order valence-corrected chi connectivity index (χ4v) is 2.85. The first-order valence-electron chi connectivity index (χ1n) is 6.69. The van der Waals surface area contributed by atoms with Crippen molar-refractivity contribution >= 4 is 41.6 Å². The minimum absolute atomic E-state index is 0.0339. The second kappa shape index (κ2) is 5.29. The van der Waals surface area contributed by atoms with Gasteiger partial charge in [-0.25, -0.2) is 4.98 Å². The van der Waals surface area contributed by atoms with Gasteiger partial charge in [-0.05, 0) is 24.4 Å². The summed E-state index contributed by atoms with van der Waals surface area (Å²) in [4.78, 5) is 17.1. The molecule has 1 fully saturated rings. The first-order valence-corrected chi connectivity index (χ1v) is 7.10. The number of nitrogens with one attached hydrogen (secondary N) is 2. The molecule has 3 rings (SSSR count). The lowest BCUT2D eigenvalue weighted by Gasteiger charge is -2.22. The number of carbonyl (C=O) groups excluding carboxylic acids is 1. The van der Waals surface area contributed by atoms with Gasteiger partial charge in [0.25, 0.3) is 5.91 Å². The maximum absolute atomic E-state index is 12.2. The molecule has 19 heavy (non-hydrogen) atoms. The third-order valence-electron chi connectivity index (χ3n) is 3.65. The Morgan fingerprint density at radius 1 is 1.42 bits per heavy atom. The quantitative estimate of drug-likeness (QED) is 0.627. The Kier molecular flexibility index (Phi) is 3.51. The second-order valence-electron chi connectivity index (χ2n) is 5.10. The third-order valence-corrected chi connectivity index (χ3v) is 3.87. The first kappa shape index (κ1) is 12.6. The van der Waals surface area contributed by atoms with Crippen LogP contribution in [0.15, 0.2) is 12.3 Å². The highest BCUT2D eigenvalue weighted by atomic mass is 32.1. The average molecular weight is 272 g/mol. The molecule has 0 unspecified atom stereocenters. The smallest absolute Gasteiger partial charge is 0.253 e. The highest BCUT2D eigenvalue weighted by Gasteiger charge is 2.21. The van der Waals surface area contributed by atoms with Crippen LogP contribution in [0.25, 0.3) is 0 Å². The van der Waals surface area contributed by atoms with Gasteiger partial charge in [-0.2, -0.15) is 0 Å². The predicted molar refractivity (Wildman–Crippen MR) is 80.2 cm³/mol. The van der Waals surface area contributed by atoms with E-state index in [0.29, 0.717) is 16.5 Å². The maximum Gasteiger partial charge on any atom is 0.253 e. The number of nitrogens with zero attached hydrogens (tertiary/aromatic N) is 1. The van der Waals surface area contributed by atoms with E-state index in [1.165, 1.54) is 19.3 Å². The SMILES string of the molecule is O=C(NC1CCCCC1)c1cnc2c(c1)[B]C(=S)N2. The van der Waals surface area contributed by atoms with Gasteiger partial charge in [0.15, 0.2) is 0 Å². The van der Waals surface area contributed by atoms with Crippen molar-refractivity contribution in [3.8, 4) is 0 Å². The summed E-state index contributed by atoms with van der Waals surface area (Å²) in [6.45, 7) is 0. The third kappa shape index (κ3) is 2.78. The predicted octanol–water partition coefficient (Wildman–Crippen LogP) is 1.18. The number of thiocarbonyl (C=S) groups is 1. The molecule has 2 aliphatic rings. The minimum Gasteiger partial charge on any atom is -0.349 e. The Morgan fingerprint density at radius 3 is 3.00 bits per heavy atom. The van der Waals surface area contributed by atoms with E-state index in [1.807, 2.05) is 13.3 Å². The van der Waals surface area contributed by atoms with Gasteiger partial charge in [0.2, 0.25) is 7.28 Å². The lowest BCUT2D eigenvalue weighted by atomic mass is 9.73. The molecule has 2 heterocycles. The summed E-state index contributed by atoms with van der Waals surface area (Å²) in [5.74, 6) is 0.702. The van der Waals surface area contributed by atoms with Gasteiger partial charge in [-0.15, -0.1) is 0 Å². The van der Waals surface area contributed by atoms with E-state index in [-0.39, 0.29) is 5.91 Å². The number of aromatic nitrogens is 1. The Bertz CT molecular complexity index is 529. The molecule has 0 saturated heterocycles. The Hall–Kier alpha value is -1.43. The average Bonchev–Trinajstić information content (AvgIpc) is 2.78. The van der Waals surface area contributed by atoms with Gasteiger partial charge < -0.3 is 10.6 Å². The lowest BCUT2D eigenvalue weighted by Crippen LogP contribution is -2.36. The van der Waals surface area contributed by atoms with Crippen molar-refractivity contribution in [2.75, 3.05) is 5.32 Å². The van der Waals surface area contributed by atoms with E-state index in [1.54, 1.807) is 6.20 Å². The number of rotatable bonds is 2. The fourth-order valence-electron chi connectivity index (χ4n) is 2.63. The van der Waals surface area contributed by atoms with Crippen LogP contribution in [-0.2, 0) is 0 Å². The van der Waals surface area contributed by atoms with Crippen LogP contribution in [-0.4, -0.2) is 29.1 Å². The van der Waals surface area contributed by atoms with Gasteiger partial charge in [0, 0.05) is 17.1 Å². The molecular weight excluding hydrogens is 257 g/mol. The highest BCUT2D eigenvalue weighted by Crippen LogP contribution is 2.18. The molecule has 1 amide bonds. The standard InChI is InChI=1S/C13H15BN3OS/c18-12(16-9-4-2-1-3-5-9)8-6-10-11(15-7-8)17-13(19)14-10/h6-7,9H,1-5H2,(H,16,18)(H,15,17,19). The molecule has 1 aromatic heterocycles. The number of pyridine rings is 1. The molecule has 1 aliphatic carbocycles. The Morgan fingerprint density at radius 2 is 2.21 bits per heavy atom. The molecular formula is C13H15BN3OS. The van der Waals surface area contributed by atoms with Crippen LogP contribution in [0, 0.1) is 0 Å². The van der Waals surface area contributed by atoms with E-state index in [2.05, 4.69) is 15.6 Å². The molecule has 1 saturated carbocycles. The van der Waals surface area contributed by atoms with E-state index in [0.717, 1.165) is 24.1 Å². The number of hydrogen-bond acceptors (Lipinski definition) is 3. The molecule has 6 heteroatoms. The Labute approximate surface area is 118 Å². The molecule has 97 valence electrons. The van der Waals surface area contributed by atoms with E-state index >= 15 is 0 Å². The number of anilines is 1. The van der Waals surface area contributed by atoms with Gasteiger partial charge in [-0.3, -0.25) is 4.79 Å². The maximum atomic E-state index is 12.2. The zero-order valence-corrected chi connectivity index (χ0v) is 11.4. The van der Waals surface area contributed by atoms with Gasteiger partial charge in [0.1, 0.15) is 5.82 Å². The summed E-state index contributed by atoms with van der Waals surface area (Å²) in [7, 11) is 1.83. The van der Waals surface area contributed by atoms with E-state index in [9.17, 15) is 4.79 Å².